The molecule has 5 rings (SSSR count). The smallest absolute Gasteiger partial charge is 0.126 e. The van der Waals surface area contributed by atoms with Crippen LogP contribution in [0.5, 0.6) is 0 Å². The van der Waals surface area contributed by atoms with Crippen LogP contribution in [0.4, 0.5) is 0 Å². The molecule has 164 valence electrons. The van der Waals surface area contributed by atoms with Crippen molar-refractivity contribution >= 4 is 5.71 Å². The minimum atomic E-state index is -1.14. The predicted octanol–water partition coefficient (Wildman–Crippen LogP) is 6.95. The Bertz CT molecular complexity index is 1060. The lowest BCUT2D eigenvalue weighted by molar-refractivity contribution is -0.0632. The molecule has 2 aliphatic rings. The van der Waals surface area contributed by atoms with Crippen LogP contribution in [0.2, 0.25) is 0 Å². The number of benzene rings is 3. The summed E-state index contributed by atoms with van der Waals surface area (Å²) in [6, 6.07) is 31.1. The Balaban J connectivity index is 1.75. The minimum Gasteiger partial charge on any atom is -0.379 e. The van der Waals surface area contributed by atoms with Gasteiger partial charge < -0.3 is 5.11 Å². The first-order chi connectivity index (χ1) is 15.4. The molecule has 0 heterocycles. The Kier molecular flexibility index (Phi) is 5.09. The van der Waals surface area contributed by atoms with E-state index in [0.29, 0.717) is 5.92 Å². The lowest BCUT2D eigenvalue weighted by atomic mass is 9.55. The zero-order chi connectivity index (χ0) is 22.4. The van der Waals surface area contributed by atoms with E-state index in [4.69, 9.17) is 4.99 Å². The Morgan fingerprint density at radius 2 is 1.34 bits per heavy atom. The van der Waals surface area contributed by atoms with Crippen LogP contribution < -0.4 is 0 Å². The van der Waals surface area contributed by atoms with Crippen LogP contribution in [0, 0.1) is 16.7 Å². The van der Waals surface area contributed by atoms with Crippen molar-refractivity contribution in [3.05, 3.63) is 108 Å². The third-order valence-electron chi connectivity index (χ3n) is 8.55. The molecular formula is C30H33NO. The first-order valence-electron chi connectivity index (χ1n) is 11.9. The molecule has 3 aromatic rings. The molecule has 2 fully saturated rings. The van der Waals surface area contributed by atoms with Crippen molar-refractivity contribution in [2.24, 2.45) is 21.7 Å². The van der Waals surface area contributed by atoms with Gasteiger partial charge in [0.05, 0.1) is 11.5 Å². The zero-order valence-corrected chi connectivity index (χ0v) is 19.3. The third kappa shape index (κ3) is 2.85. The molecule has 0 saturated heterocycles. The van der Waals surface area contributed by atoms with Gasteiger partial charge in [-0.1, -0.05) is 105 Å². The monoisotopic (exact) mass is 423 g/mol. The Hall–Kier alpha value is -2.71. The van der Waals surface area contributed by atoms with E-state index in [2.05, 4.69) is 75.4 Å². The van der Waals surface area contributed by atoms with Gasteiger partial charge >= 0.3 is 0 Å². The number of nitrogens with zero attached hydrogens (tertiary/aromatic N) is 1. The van der Waals surface area contributed by atoms with Crippen LogP contribution in [-0.2, 0) is 5.60 Å². The van der Waals surface area contributed by atoms with Gasteiger partial charge in [0.15, 0.2) is 0 Å². The van der Waals surface area contributed by atoms with E-state index >= 15 is 0 Å². The van der Waals surface area contributed by atoms with Crippen molar-refractivity contribution in [1.29, 1.82) is 0 Å². The highest BCUT2D eigenvalue weighted by molar-refractivity contribution is 5.97. The highest BCUT2D eigenvalue weighted by Crippen LogP contribution is 2.71. The van der Waals surface area contributed by atoms with Crippen molar-refractivity contribution < 1.29 is 5.11 Å². The standard InChI is InChI=1S/C30H33NO/c1-22(23-13-7-4-8-14-23)31-27-21-26-19-20-29(27,28(26,2)3)30(32,24-15-9-5-10-16-24)25-17-11-6-12-18-25/h4-18,22,26,32H,19-21H2,1-3H3/t22-,26-,29+/m1/s1. The predicted molar refractivity (Wildman–Crippen MR) is 132 cm³/mol. The molecule has 0 aliphatic heterocycles. The highest BCUT2D eigenvalue weighted by Gasteiger charge is 2.71. The summed E-state index contributed by atoms with van der Waals surface area (Å²) in [5.74, 6) is 0.531. The topological polar surface area (TPSA) is 32.6 Å². The van der Waals surface area contributed by atoms with Crippen LogP contribution in [0.1, 0.15) is 62.8 Å². The van der Waals surface area contributed by atoms with E-state index in [1.54, 1.807) is 0 Å². The molecule has 0 spiro atoms. The van der Waals surface area contributed by atoms with Crippen LogP contribution >= 0.6 is 0 Å². The molecule has 0 unspecified atom stereocenters. The fourth-order valence-corrected chi connectivity index (χ4v) is 6.78. The number of hydrogen-bond acceptors (Lipinski definition) is 2. The molecule has 2 saturated carbocycles. The number of aliphatic imine (C=N–C) groups is 1. The summed E-state index contributed by atoms with van der Waals surface area (Å²) in [5.41, 5.74) is 2.67. The van der Waals surface area contributed by atoms with Gasteiger partial charge in [-0.15, -0.1) is 0 Å². The SMILES string of the molecule is C[C@@H](N=C1C[C@H]2CC[C@@]1(C(O)(c1ccccc1)c1ccccc1)C2(C)C)c1ccccc1. The molecule has 1 N–H and O–H groups in total. The molecule has 32 heavy (non-hydrogen) atoms. The average molecular weight is 424 g/mol. The van der Waals surface area contributed by atoms with E-state index in [1.165, 1.54) is 11.3 Å². The van der Waals surface area contributed by atoms with Gasteiger partial charge in [-0.05, 0) is 54.2 Å². The molecule has 2 aliphatic carbocycles. The average Bonchev–Trinajstić information content (AvgIpc) is 3.22. The highest BCUT2D eigenvalue weighted by atomic mass is 16.3. The number of fused-ring (bicyclic) bond motifs is 2. The second-order valence-corrected chi connectivity index (χ2v) is 10.2. The number of aliphatic hydroxyl groups is 1. The fraction of sp³-hybridized carbons (Fsp3) is 0.367. The molecule has 0 amide bonds. The molecule has 2 bridgehead atoms. The first kappa shape index (κ1) is 21.2. The summed E-state index contributed by atoms with van der Waals surface area (Å²) in [4.78, 5) is 5.37. The number of rotatable bonds is 5. The van der Waals surface area contributed by atoms with Crippen LogP contribution in [0.25, 0.3) is 0 Å². The van der Waals surface area contributed by atoms with Gasteiger partial charge in [0, 0.05) is 5.71 Å². The van der Waals surface area contributed by atoms with Crippen LogP contribution in [-0.4, -0.2) is 10.8 Å². The molecule has 3 aromatic carbocycles. The summed E-state index contributed by atoms with van der Waals surface area (Å²) >= 11 is 0. The maximum absolute atomic E-state index is 12.9. The second kappa shape index (κ2) is 7.71. The van der Waals surface area contributed by atoms with Gasteiger partial charge in [0.1, 0.15) is 5.60 Å². The summed E-state index contributed by atoms with van der Waals surface area (Å²) in [7, 11) is 0. The van der Waals surface area contributed by atoms with Crippen molar-refractivity contribution in [3.63, 3.8) is 0 Å². The summed E-state index contributed by atoms with van der Waals surface area (Å²) < 4.78 is 0. The minimum absolute atomic E-state index is 0.0639. The molecule has 2 heteroatoms. The van der Waals surface area contributed by atoms with Crippen molar-refractivity contribution in [2.75, 3.05) is 0 Å². The van der Waals surface area contributed by atoms with E-state index < -0.39 is 11.0 Å². The van der Waals surface area contributed by atoms with Crippen molar-refractivity contribution in [2.45, 2.75) is 51.7 Å². The molecular weight excluding hydrogens is 390 g/mol. The Morgan fingerprint density at radius 3 is 1.84 bits per heavy atom. The van der Waals surface area contributed by atoms with Gasteiger partial charge in [-0.2, -0.15) is 0 Å². The Morgan fingerprint density at radius 1 is 0.844 bits per heavy atom. The lowest BCUT2D eigenvalue weighted by Gasteiger charge is -2.51. The van der Waals surface area contributed by atoms with E-state index in [1.807, 2.05) is 36.4 Å². The molecule has 0 radical (unpaired) electrons. The molecule has 0 aromatic heterocycles. The van der Waals surface area contributed by atoms with Gasteiger partial charge in [-0.25, -0.2) is 0 Å². The number of hydrogen-bond donors (Lipinski definition) is 1. The van der Waals surface area contributed by atoms with E-state index in [-0.39, 0.29) is 11.5 Å². The summed E-state index contributed by atoms with van der Waals surface area (Å²) in [6.45, 7) is 6.90. The summed E-state index contributed by atoms with van der Waals surface area (Å²) in [5, 5.41) is 12.9. The molecule has 2 nitrogen and oxygen atoms in total. The van der Waals surface area contributed by atoms with Crippen LogP contribution in [0.15, 0.2) is 96.0 Å². The fourth-order valence-electron chi connectivity index (χ4n) is 6.78. The zero-order valence-electron chi connectivity index (χ0n) is 19.3. The van der Waals surface area contributed by atoms with E-state index in [0.717, 1.165) is 30.4 Å². The van der Waals surface area contributed by atoms with Gasteiger partial charge in [-0.3, -0.25) is 4.99 Å². The van der Waals surface area contributed by atoms with Gasteiger partial charge in [0.2, 0.25) is 0 Å². The first-order valence-corrected chi connectivity index (χ1v) is 11.9. The van der Waals surface area contributed by atoms with Crippen LogP contribution in [0.3, 0.4) is 0 Å². The second-order valence-electron chi connectivity index (χ2n) is 10.2. The maximum Gasteiger partial charge on any atom is 0.126 e. The normalized spacial score (nSPS) is 26.4. The molecule has 3 atom stereocenters. The van der Waals surface area contributed by atoms with Crippen molar-refractivity contribution in [1.82, 2.24) is 0 Å². The largest absolute Gasteiger partial charge is 0.379 e. The van der Waals surface area contributed by atoms with E-state index in [9.17, 15) is 5.11 Å². The Labute approximate surface area is 192 Å². The third-order valence-corrected chi connectivity index (χ3v) is 8.55. The van der Waals surface area contributed by atoms with Crippen molar-refractivity contribution in [3.8, 4) is 0 Å². The lowest BCUT2D eigenvalue weighted by Crippen LogP contribution is -2.55. The van der Waals surface area contributed by atoms with Gasteiger partial charge in [0.25, 0.3) is 0 Å². The quantitative estimate of drug-likeness (QED) is 0.473. The maximum atomic E-state index is 12.9. The summed E-state index contributed by atoms with van der Waals surface area (Å²) in [6.07, 6.45) is 3.05.